The van der Waals surface area contributed by atoms with Gasteiger partial charge in [-0.1, -0.05) is 36.4 Å². The second kappa shape index (κ2) is 6.86. The Hall–Kier alpha value is -2.97. The number of thiazole rings is 1. The molecule has 0 amide bonds. The summed E-state index contributed by atoms with van der Waals surface area (Å²) in [6.07, 6.45) is 1.71. The van der Waals surface area contributed by atoms with E-state index in [1.165, 1.54) is 11.3 Å². The van der Waals surface area contributed by atoms with Gasteiger partial charge in [-0.25, -0.2) is 4.98 Å². The maximum absolute atomic E-state index is 8.95. The molecule has 112 valence electrons. The van der Waals surface area contributed by atoms with E-state index in [9.17, 15) is 0 Å². The summed E-state index contributed by atoms with van der Waals surface area (Å²) in [6.45, 7) is 1.99. The monoisotopic (exact) mass is 318 g/mol. The Morgan fingerprint density at radius 1 is 1.22 bits per heavy atom. The van der Waals surface area contributed by atoms with Gasteiger partial charge in [-0.15, -0.1) is 11.3 Å². The average molecular weight is 318 g/mol. The summed E-state index contributed by atoms with van der Waals surface area (Å²) in [6, 6.07) is 17.7. The first-order valence-electron chi connectivity index (χ1n) is 7.07. The number of rotatable bonds is 4. The zero-order chi connectivity index (χ0) is 16.1. The summed E-state index contributed by atoms with van der Waals surface area (Å²) < 4.78 is 0. The van der Waals surface area contributed by atoms with Gasteiger partial charge in [-0.05, 0) is 30.2 Å². The second-order valence-corrected chi connectivity index (χ2v) is 5.82. The number of benzene rings is 2. The number of hydrazone groups is 1. The summed E-state index contributed by atoms with van der Waals surface area (Å²) in [7, 11) is 0. The smallest absolute Gasteiger partial charge is 0.203 e. The van der Waals surface area contributed by atoms with E-state index in [1.54, 1.807) is 12.3 Å². The molecule has 0 spiro atoms. The minimum Gasteiger partial charge on any atom is -0.253 e. The predicted molar refractivity (Wildman–Crippen MR) is 94.7 cm³/mol. The molecule has 2 aromatic carbocycles. The van der Waals surface area contributed by atoms with Gasteiger partial charge >= 0.3 is 0 Å². The fourth-order valence-electron chi connectivity index (χ4n) is 2.07. The van der Waals surface area contributed by atoms with Crippen LogP contribution in [0.4, 0.5) is 5.13 Å². The van der Waals surface area contributed by atoms with Gasteiger partial charge in [-0.3, -0.25) is 5.43 Å². The molecular formula is C18H14N4S. The summed E-state index contributed by atoms with van der Waals surface area (Å²) in [5, 5.41) is 15.9. The zero-order valence-electron chi connectivity index (χ0n) is 12.5. The summed E-state index contributed by atoms with van der Waals surface area (Å²) in [5.41, 5.74) is 7.55. The van der Waals surface area contributed by atoms with Crippen LogP contribution in [0, 0.1) is 18.3 Å². The molecule has 5 heteroatoms. The highest BCUT2D eigenvalue weighted by Gasteiger charge is 2.03. The van der Waals surface area contributed by atoms with Gasteiger partial charge in [0.15, 0.2) is 0 Å². The number of nitrogens with one attached hydrogen (secondary N) is 1. The van der Waals surface area contributed by atoms with Crippen molar-refractivity contribution < 1.29 is 0 Å². The van der Waals surface area contributed by atoms with Gasteiger partial charge in [0.1, 0.15) is 0 Å². The van der Waals surface area contributed by atoms with E-state index in [-0.39, 0.29) is 0 Å². The van der Waals surface area contributed by atoms with E-state index < -0.39 is 0 Å². The van der Waals surface area contributed by atoms with Gasteiger partial charge in [-0.2, -0.15) is 10.4 Å². The van der Waals surface area contributed by atoms with Crippen molar-refractivity contribution in [3.05, 3.63) is 70.6 Å². The fourth-order valence-corrected chi connectivity index (χ4v) is 2.74. The molecule has 0 saturated carbocycles. The van der Waals surface area contributed by atoms with Crippen LogP contribution in [-0.4, -0.2) is 11.2 Å². The van der Waals surface area contributed by atoms with Crippen molar-refractivity contribution in [1.82, 2.24) is 4.98 Å². The van der Waals surface area contributed by atoms with Crippen molar-refractivity contribution in [2.75, 3.05) is 5.43 Å². The number of aryl methyl sites for hydroxylation is 1. The maximum atomic E-state index is 8.95. The molecule has 3 rings (SSSR count). The van der Waals surface area contributed by atoms with Crippen LogP contribution in [0.15, 0.2) is 59.0 Å². The second-order valence-electron chi connectivity index (χ2n) is 4.96. The number of nitriles is 1. The first kappa shape index (κ1) is 14.9. The lowest BCUT2D eigenvalue weighted by atomic mass is 10.1. The van der Waals surface area contributed by atoms with E-state index in [0.717, 1.165) is 27.5 Å². The first-order chi connectivity index (χ1) is 11.3. The number of anilines is 1. The molecule has 4 nitrogen and oxygen atoms in total. The lowest BCUT2D eigenvalue weighted by molar-refractivity contribution is 1.28. The highest BCUT2D eigenvalue weighted by molar-refractivity contribution is 7.14. The van der Waals surface area contributed by atoms with Gasteiger partial charge in [0.2, 0.25) is 5.13 Å². The van der Waals surface area contributed by atoms with E-state index >= 15 is 0 Å². The molecule has 0 fully saturated rings. The van der Waals surface area contributed by atoms with E-state index in [4.69, 9.17) is 5.26 Å². The van der Waals surface area contributed by atoms with Crippen molar-refractivity contribution in [3.63, 3.8) is 0 Å². The molecule has 0 atom stereocenters. The molecule has 1 N–H and O–H groups in total. The summed E-state index contributed by atoms with van der Waals surface area (Å²) in [4.78, 5) is 4.51. The predicted octanol–water partition coefficient (Wildman–Crippen LogP) is 4.44. The van der Waals surface area contributed by atoms with Crippen LogP contribution in [0.25, 0.3) is 11.3 Å². The normalized spacial score (nSPS) is 10.6. The van der Waals surface area contributed by atoms with Crippen molar-refractivity contribution in [2.45, 2.75) is 6.92 Å². The Bertz CT molecular complexity index is 876. The number of hydrogen-bond donors (Lipinski definition) is 1. The number of hydrogen-bond acceptors (Lipinski definition) is 5. The molecule has 0 aliphatic heterocycles. The standard InChI is InChI=1S/C18H14N4S/c1-13-7-8-14(10-19)9-16(13)11-20-22-18-21-17(12-23-18)15-5-3-2-4-6-15/h2-9,11-12H,1H3,(H,21,22). The van der Waals surface area contributed by atoms with Crippen molar-refractivity contribution in [3.8, 4) is 17.3 Å². The molecule has 0 unspecified atom stereocenters. The van der Waals surface area contributed by atoms with E-state index in [0.29, 0.717) is 5.56 Å². The van der Waals surface area contributed by atoms with Crippen LogP contribution in [0.1, 0.15) is 16.7 Å². The third-order valence-corrected chi connectivity index (χ3v) is 4.09. The van der Waals surface area contributed by atoms with Gasteiger partial charge < -0.3 is 0 Å². The Balaban J connectivity index is 1.72. The van der Waals surface area contributed by atoms with Crippen LogP contribution < -0.4 is 5.43 Å². The third kappa shape index (κ3) is 3.62. The topological polar surface area (TPSA) is 61.1 Å². The minimum atomic E-state index is 0.623. The maximum Gasteiger partial charge on any atom is 0.203 e. The number of nitrogens with zero attached hydrogens (tertiary/aromatic N) is 3. The molecule has 0 radical (unpaired) electrons. The zero-order valence-corrected chi connectivity index (χ0v) is 13.3. The lowest BCUT2D eigenvalue weighted by Gasteiger charge is -2.00. The largest absolute Gasteiger partial charge is 0.253 e. The van der Waals surface area contributed by atoms with Gasteiger partial charge in [0, 0.05) is 10.9 Å². The van der Waals surface area contributed by atoms with Gasteiger partial charge in [0.05, 0.1) is 23.5 Å². The lowest BCUT2D eigenvalue weighted by Crippen LogP contribution is -1.93. The highest BCUT2D eigenvalue weighted by atomic mass is 32.1. The van der Waals surface area contributed by atoms with Crippen LogP contribution in [-0.2, 0) is 0 Å². The molecular weight excluding hydrogens is 304 g/mol. The van der Waals surface area contributed by atoms with Crippen molar-refractivity contribution >= 4 is 22.7 Å². The molecule has 23 heavy (non-hydrogen) atoms. The fraction of sp³-hybridized carbons (Fsp3) is 0.0556. The molecule has 0 aliphatic rings. The Labute approximate surface area is 138 Å². The Morgan fingerprint density at radius 3 is 2.83 bits per heavy atom. The Morgan fingerprint density at radius 2 is 2.04 bits per heavy atom. The van der Waals surface area contributed by atoms with Gasteiger partial charge in [0.25, 0.3) is 0 Å². The van der Waals surface area contributed by atoms with Crippen molar-refractivity contribution in [2.24, 2.45) is 5.10 Å². The van der Waals surface area contributed by atoms with Crippen molar-refractivity contribution in [1.29, 1.82) is 5.26 Å². The molecule has 0 saturated heterocycles. The summed E-state index contributed by atoms with van der Waals surface area (Å²) in [5.74, 6) is 0. The molecule has 1 aromatic heterocycles. The van der Waals surface area contributed by atoms with E-state index in [2.05, 4.69) is 21.6 Å². The van der Waals surface area contributed by atoms with Crippen LogP contribution in [0.5, 0.6) is 0 Å². The highest BCUT2D eigenvalue weighted by Crippen LogP contribution is 2.24. The Kier molecular flexibility index (Phi) is 4.46. The van der Waals surface area contributed by atoms with E-state index in [1.807, 2.05) is 54.8 Å². The quantitative estimate of drug-likeness (QED) is 0.571. The first-order valence-corrected chi connectivity index (χ1v) is 7.95. The molecule has 0 bridgehead atoms. The number of aromatic nitrogens is 1. The SMILES string of the molecule is Cc1ccc(C#N)cc1C=NNc1nc(-c2ccccc2)cs1. The van der Waals surface area contributed by atoms with Crippen LogP contribution >= 0.6 is 11.3 Å². The molecule has 3 aromatic rings. The molecule has 0 aliphatic carbocycles. The molecule has 1 heterocycles. The summed E-state index contributed by atoms with van der Waals surface area (Å²) >= 11 is 1.50. The minimum absolute atomic E-state index is 0.623. The van der Waals surface area contributed by atoms with Crippen LogP contribution in [0.2, 0.25) is 0 Å². The average Bonchev–Trinajstić information content (AvgIpc) is 3.06. The third-order valence-electron chi connectivity index (χ3n) is 3.35. The van der Waals surface area contributed by atoms with Crippen LogP contribution in [0.3, 0.4) is 0 Å².